The highest BCUT2D eigenvalue weighted by atomic mass is 35.5. The number of hydrogen-bond acceptors (Lipinski definition) is 5. The molecule has 0 aliphatic carbocycles. The Hall–Kier alpha value is -1.66. The SMILES string of the molecule is Cc1nc(CCNc2cc(Cl)ccc2[N+](=O)[O-])cs1. The molecule has 1 N–H and O–H groups in total. The summed E-state index contributed by atoms with van der Waals surface area (Å²) in [6.07, 6.45) is 0.716. The van der Waals surface area contributed by atoms with E-state index < -0.39 is 4.92 Å². The van der Waals surface area contributed by atoms with Gasteiger partial charge in [0.1, 0.15) is 5.69 Å². The number of aryl methyl sites for hydroxylation is 1. The van der Waals surface area contributed by atoms with Crippen LogP contribution in [0, 0.1) is 17.0 Å². The van der Waals surface area contributed by atoms with Gasteiger partial charge in [0, 0.05) is 29.4 Å². The fraction of sp³-hybridized carbons (Fsp3) is 0.250. The zero-order valence-electron chi connectivity index (χ0n) is 10.2. The summed E-state index contributed by atoms with van der Waals surface area (Å²) in [5, 5.41) is 17.4. The number of halogens is 1. The van der Waals surface area contributed by atoms with Gasteiger partial charge in [-0.25, -0.2) is 4.98 Å². The highest BCUT2D eigenvalue weighted by molar-refractivity contribution is 7.09. The van der Waals surface area contributed by atoms with E-state index in [1.165, 1.54) is 12.1 Å². The molecule has 0 bridgehead atoms. The van der Waals surface area contributed by atoms with Crippen LogP contribution in [0.3, 0.4) is 0 Å². The van der Waals surface area contributed by atoms with Crippen LogP contribution in [0.2, 0.25) is 5.02 Å². The molecule has 7 heteroatoms. The summed E-state index contributed by atoms with van der Waals surface area (Å²) in [5.74, 6) is 0. The minimum atomic E-state index is -0.425. The van der Waals surface area contributed by atoms with Gasteiger partial charge < -0.3 is 5.32 Å². The van der Waals surface area contributed by atoms with Crippen LogP contribution in [0.1, 0.15) is 10.7 Å². The highest BCUT2D eigenvalue weighted by Crippen LogP contribution is 2.27. The Morgan fingerprint density at radius 1 is 1.53 bits per heavy atom. The lowest BCUT2D eigenvalue weighted by Gasteiger charge is -2.06. The molecular formula is C12H12ClN3O2S. The summed E-state index contributed by atoms with van der Waals surface area (Å²) >= 11 is 7.44. The largest absolute Gasteiger partial charge is 0.379 e. The Labute approximate surface area is 119 Å². The van der Waals surface area contributed by atoms with E-state index in [1.54, 1.807) is 17.4 Å². The molecule has 0 aliphatic rings. The number of anilines is 1. The predicted molar refractivity (Wildman–Crippen MR) is 77.2 cm³/mol. The van der Waals surface area contributed by atoms with E-state index in [-0.39, 0.29) is 5.69 Å². The maximum absolute atomic E-state index is 10.9. The molecule has 0 unspecified atom stereocenters. The molecule has 1 aromatic carbocycles. The van der Waals surface area contributed by atoms with Crippen molar-refractivity contribution in [1.29, 1.82) is 0 Å². The first kappa shape index (κ1) is 13.8. The molecule has 0 spiro atoms. The first-order valence-electron chi connectivity index (χ1n) is 5.65. The van der Waals surface area contributed by atoms with Gasteiger partial charge in [-0.2, -0.15) is 0 Å². The van der Waals surface area contributed by atoms with Crippen LogP contribution in [-0.2, 0) is 6.42 Å². The Morgan fingerprint density at radius 2 is 2.32 bits per heavy atom. The summed E-state index contributed by atoms with van der Waals surface area (Å²) in [6, 6.07) is 4.47. The van der Waals surface area contributed by atoms with Crippen molar-refractivity contribution in [3.63, 3.8) is 0 Å². The van der Waals surface area contributed by atoms with Gasteiger partial charge in [-0.15, -0.1) is 11.3 Å². The normalized spacial score (nSPS) is 10.4. The van der Waals surface area contributed by atoms with Gasteiger partial charge in [-0.3, -0.25) is 10.1 Å². The summed E-state index contributed by atoms with van der Waals surface area (Å²) in [5.41, 5.74) is 1.45. The van der Waals surface area contributed by atoms with Crippen LogP contribution >= 0.6 is 22.9 Å². The maximum Gasteiger partial charge on any atom is 0.292 e. The van der Waals surface area contributed by atoms with Crippen LogP contribution < -0.4 is 5.32 Å². The molecule has 0 atom stereocenters. The van der Waals surface area contributed by atoms with E-state index in [1.807, 2.05) is 12.3 Å². The van der Waals surface area contributed by atoms with Crippen molar-refractivity contribution in [3.8, 4) is 0 Å². The fourth-order valence-electron chi connectivity index (χ4n) is 1.66. The van der Waals surface area contributed by atoms with Crippen LogP contribution in [-0.4, -0.2) is 16.5 Å². The van der Waals surface area contributed by atoms with E-state index in [0.29, 0.717) is 23.7 Å². The Balaban J connectivity index is 2.02. The van der Waals surface area contributed by atoms with Gasteiger partial charge in [0.25, 0.3) is 5.69 Å². The van der Waals surface area contributed by atoms with Crippen LogP contribution in [0.4, 0.5) is 11.4 Å². The van der Waals surface area contributed by atoms with E-state index in [0.717, 1.165) is 10.7 Å². The summed E-state index contributed by atoms with van der Waals surface area (Å²) < 4.78 is 0. The van der Waals surface area contributed by atoms with Crippen LogP contribution in [0.5, 0.6) is 0 Å². The molecule has 5 nitrogen and oxygen atoms in total. The standard InChI is InChI=1S/C12H12ClN3O2S/c1-8-15-10(7-19-8)4-5-14-11-6-9(13)2-3-12(11)16(17)18/h2-3,6-7,14H,4-5H2,1H3. The lowest BCUT2D eigenvalue weighted by Crippen LogP contribution is -2.07. The number of aromatic nitrogens is 1. The minimum Gasteiger partial charge on any atom is -0.379 e. The van der Waals surface area contributed by atoms with E-state index in [2.05, 4.69) is 10.3 Å². The third kappa shape index (κ3) is 3.65. The van der Waals surface area contributed by atoms with Crippen molar-refractivity contribution in [2.45, 2.75) is 13.3 Å². The quantitative estimate of drug-likeness (QED) is 0.675. The Bertz CT molecular complexity index is 600. The average Bonchev–Trinajstić information content (AvgIpc) is 2.75. The van der Waals surface area contributed by atoms with Gasteiger partial charge in [0.05, 0.1) is 15.6 Å². The molecule has 0 amide bonds. The molecular weight excluding hydrogens is 286 g/mol. The first-order chi connectivity index (χ1) is 9.06. The molecule has 19 heavy (non-hydrogen) atoms. The number of benzene rings is 1. The van der Waals surface area contributed by atoms with Crippen LogP contribution in [0.25, 0.3) is 0 Å². The smallest absolute Gasteiger partial charge is 0.292 e. The second kappa shape index (κ2) is 5.99. The second-order valence-corrected chi connectivity index (χ2v) is 5.45. The van der Waals surface area contributed by atoms with Crippen molar-refractivity contribution >= 4 is 34.3 Å². The van der Waals surface area contributed by atoms with Gasteiger partial charge in [0.2, 0.25) is 0 Å². The Kier molecular flexibility index (Phi) is 4.34. The fourth-order valence-corrected chi connectivity index (χ4v) is 2.48. The Morgan fingerprint density at radius 3 is 2.95 bits per heavy atom. The van der Waals surface area contributed by atoms with Gasteiger partial charge in [0.15, 0.2) is 0 Å². The number of nitro groups is 1. The minimum absolute atomic E-state index is 0.0267. The summed E-state index contributed by atoms with van der Waals surface area (Å²) in [7, 11) is 0. The molecule has 1 aromatic heterocycles. The maximum atomic E-state index is 10.9. The molecule has 0 fully saturated rings. The predicted octanol–water partition coefficient (Wildman–Crippen LogP) is 3.67. The van der Waals surface area contributed by atoms with Crippen molar-refractivity contribution in [1.82, 2.24) is 4.98 Å². The van der Waals surface area contributed by atoms with Gasteiger partial charge >= 0.3 is 0 Å². The summed E-state index contributed by atoms with van der Waals surface area (Å²) in [6.45, 7) is 2.52. The number of hydrogen-bond donors (Lipinski definition) is 1. The molecule has 1 heterocycles. The lowest BCUT2D eigenvalue weighted by atomic mass is 10.2. The van der Waals surface area contributed by atoms with Crippen molar-refractivity contribution in [2.24, 2.45) is 0 Å². The number of nitrogens with one attached hydrogen (secondary N) is 1. The molecule has 0 aliphatic heterocycles. The molecule has 100 valence electrons. The summed E-state index contributed by atoms with van der Waals surface area (Å²) in [4.78, 5) is 14.8. The molecule has 2 aromatic rings. The monoisotopic (exact) mass is 297 g/mol. The van der Waals surface area contributed by atoms with E-state index in [9.17, 15) is 10.1 Å². The van der Waals surface area contributed by atoms with Crippen LogP contribution in [0.15, 0.2) is 23.6 Å². The average molecular weight is 298 g/mol. The van der Waals surface area contributed by atoms with Crippen molar-refractivity contribution in [3.05, 3.63) is 49.4 Å². The topological polar surface area (TPSA) is 68.1 Å². The zero-order chi connectivity index (χ0) is 13.8. The third-order valence-corrected chi connectivity index (χ3v) is 3.58. The highest BCUT2D eigenvalue weighted by Gasteiger charge is 2.13. The van der Waals surface area contributed by atoms with Gasteiger partial charge in [-0.05, 0) is 19.1 Å². The number of nitrogens with zero attached hydrogens (tertiary/aromatic N) is 2. The lowest BCUT2D eigenvalue weighted by molar-refractivity contribution is -0.384. The number of rotatable bonds is 5. The number of thiazole rings is 1. The van der Waals surface area contributed by atoms with Gasteiger partial charge in [-0.1, -0.05) is 11.6 Å². The van der Waals surface area contributed by atoms with E-state index >= 15 is 0 Å². The molecule has 0 radical (unpaired) electrons. The second-order valence-electron chi connectivity index (χ2n) is 3.95. The number of nitro benzene ring substituents is 1. The molecule has 0 saturated heterocycles. The molecule has 0 saturated carbocycles. The molecule has 2 rings (SSSR count). The van der Waals surface area contributed by atoms with E-state index in [4.69, 9.17) is 11.6 Å². The first-order valence-corrected chi connectivity index (χ1v) is 6.91. The third-order valence-electron chi connectivity index (χ3n) is 2.52. The van der Waals surface area contributed by atoms with Crippen molar-refractivity contribution in [2.75, 3.05) is 11.9 Å². The van der Waals surface area contributed by atoms with Crippen molar-refractivity contribution < 1.29 is 4.92 Å². The zero-order valence-corrected chi connectivity index (χ0v) is 11.8.